The first-order chi connectivity index (χ1) is 9.65. The number of amides is 1. The van der Waals surface area contributed by atoms with Gasteiger partial charge in [0.2, 0.25) is 0 Å². The summed E-state index contributed by atoms with van der Waals surface area (Å²) in [6.45, 7) is 8.15. The maximum absolute atomic E-state index is 11.7. The van der Waals surface area contributed by atoms with E-state index in [4.69, 9.17) is 4.74 Å². The number of nitrogens with one attached hydrogen (secondary N) is 2. The monoisotopic (exact) mass is 275 g/mol. The topological polar surface area (TPSA) is 53.6 Å². The molecule has 2 heterocycles. The van der Waals surface area contributed by atoms with E-state index in [-0.39, 0.29) is 5.91 Å². The number of piperazine rings is 1. The molecule has 2 unspecified atom stereocenters. The van der Waals surface area contributed by atoms with Crippen LogP contribution in [0.3, 0.4) is 0 Å². The molecule has 2 aliphatic rings. The summed E-state index contributed by atoms with van der Waals surface area (Å²) in [5.41, 5.74) is 2.00. The fourth-order valence-electron chi connectivity index (χ4n) is 2.77. The van der Waals surface area contributed by atoms with Gasteiger partial charge in [-0.05, 0) is 31.5 Å². The minimum atomic E-state index is -0.418. The fraction of sp³-hybridized carbons (Fsp3) is 0.533. The molecule has 0 bridgehead atoms. The normalized spacial score (nSPS) is 24.5. The molecule has 1 saturated heterocycles. The zero-order valence-electron chi connectivity index (χ0n) is 12.0. The van der Waals surface area contributed by atoms with E-state index in [0.29, 0.717) is 6.04 Å². The Kier molecular flexibility index (Phi) is 3.63. The van der Waals surface area contributed by atoms with Crippen molar-refractivity contribution in [3.63, 3.8) is 0 Å². The third-order valence-corrected chi connectivity index (χ3v) is 4.12. The smallest absolute Gasteiger partial charge is 0.265 e. The number of nitrogens with zero attached hydrogens (tertiary/aromatic N) is 1. The average molecular weight is 275 g/mol. The Morgan fingerprint density at radius 3 is 2.85 bits per heavy atom. The van der Waals surface area contributed by atoms with Crippen molar-refractivity contribution < 1.29 is 9.53 Å². The summed E-state index contributed by atoms with van der Waals surface area (Å²) in [7, 11) is 0. The van der Waals surface area contributed by atoms with E-state index in [9.17, 15) is 4.79 Å². The molecule has 0 aliphatic carbocycles. The molecule has 2 atom stereocenters. The molecule has 5 nitrogen and oxygen atoms in total. The van der Waals surface area contributed by atoms with Crippen LogP contribution in [0.4, 0.5) is 5.69 Å². The van der Waals surface area contributed by atoms with Crippen molar-refractivity contribution in [2.75, 3.05) is 31.5 Å². The van der Waals surface area contributed by atoms with Crippen LogP contribution in [0.15, 0.2) is 18.2 Å². The van der Waals surface area contributed by atoms with Gasteiger partial charge in [-0.1, -0.05) is 6.07 Å². The number of benzene rings is 1. The molecule has 108 valence electrons. The van der Waals surface area contributed by atoms with Crippen LogP contribution in [0.5, 0.6) is 5.75 Å². The number of hydrogen-bond acceptors (Lipinski definition) is 4. The fourth-order valence-corrected chi connectivity index (χ4v) is 2.77. The lowest BCUT2D eigenvalue weighted by atomic mass is 10.0. The van der Waals surface area contributed by atoms with Crippen LogP contribution in [0.25, 0.3) is 0 Å². The van der Waals surface area contributed by atoms with Gasteiger partial charge < -0.3 is 15.4 Å². The first kappa shape index (κ1) is 13.4. The first-order valence-electron chi connectivity index (χ1n) is 7.21. The standard InChI is InChI=1S/C15H21N3O2/c1-10(18-7-5-16-6-8-18)12-3-4-14-13(9-12)17-15(19)11(2)20-14/h3-4,9-11,16H,5-8H2,1-2H3,(H,17,19). The van der Waals surface area contributed by atoms with Crippen LogP contribution in [0, 0.1) is 0 Å². The van der Waals surface area contributed by atoms with Crippen molar-refractivity contribution in [3.8, 4) is 5.75 Å². The lowest BCUT2D eigenvalue weighted by molar-refractivity contribution is -0.122. The van der Waals surface area contributed by atoms with E-state index in [0.717, 1.165) is 37.6 Å². The molecule has 1 fully saturated rings. The van der Waals surface area contributed by atoms with Gasteiger partial charge in [0.05, 0.1) is 5.69 Å². The van der Waals surface area contributed by atoms with Crippen LogP contribution >= 0.6 is 0 Å². The summed E-state index contributed by atoms with van der Waals surface area (Å²) < 4.78 is 5.59. The Morgan fingerprint density at radius 2 is 2.10 bits per heavy atom. The molecule has 2 N–H and O–H groups in total. The van der Waals surface area contributed by atoms with E-state index in [1.807, 2.05) is 12.1 Å². The summed E-state index contributed by atoms with van der Waals surface area (Å²) >= 11 is 0. The second kappa shape index (κ2) is 5.42. The minimum absolute atomic E-state index is 0.0792. The summed E-state index contributed by atoms with van der Waals surface area (Å²) in [6, 6.07) is 6.43. The Hall–Kier alpha value is -1.59. The van der Waals surface area contributed by atoms with Crippen LogP contribution < -0.4 is 15.4 Å². The van der Waals surface area contributed by atoms with Crippen LogP contribution in [-0.4, -0.2) is 43.1 Å². The van der Waals surface area contributed by atoms with Gasteiger partial charge in [0.1, 0.15) is 5.75 Å². The predicted octanol–water partition coefficient (Wildman–Crippen LogP) is 1.37. The Balaban J connectivity index is 1.81. The highest BCUT2D eigenvalue weighted by molar-refractivity contribution is 5.97. The van der Waals surface area contributed by atoms with E-state index in [2.05, 4.69) is 28.5 Å². The Bertz CT molecular complexity index is 512. The largest absolute Gasteiger partial charge is 0.479 e. The predicted molar refractivity (Wildman–Crippen MR) is 78.0 cm³/mol. The number of carbonyl (C=O) groups is 1. The summed E-state index contributed by atoms with van der Waals surface area (Å²) in [4.78, 5) is 14.1. The Morgan fingerprint density at radius 1 is 1.35 bits per heavy atom. The van der Waals surface area contributed by atoms with Crippen LogP contribution in [-0.2, 0) is 4.79 Å². The maximum Gasteiger partial charge on any atom is 0.265 e. The molecule has 0 aromatic heterocycles. The van der Waals surface area contributed by atoms with Crippen molar-refractivity contribution in [3.05, 3.63) is 23.8 Å². The third-order valence-electron chi connectivity index (χ3n) is 4.12. The van der Waals surface area contributed by atoms with Gasteiger partial charge in [-0.25, -0.2) is 0 Å². The molecule has 0 radical (unpaired) electrons. The van der Waals surface area contributed by atoms with Crippen molar-refractivity contribution in [1.82, 2.24) is 10.2 Å². The second-order valence-electron chi connectivity index (χ2n) is 5.47. The highest BCUT2D eigenvalue weighted by atomic mass is 16.5. The van der Waals surface area contributed by atoms with Crippen molar-refractivity contribution >= 4 is 11.6 Å². The van der Waals surface area contributed by atoms with E-state index in [1.54, 1.807) is 6.92 Å². The van der Waals surface area contributed by atoms with Crippen molar-refractivity contribution in [2.24, 2.45) is 0 Å². The van der Waals surface area contributed by atoms with Crippen molar-refractivity contribution in [1.29, 1.82) is 0 Å². The van der Waals surface area contributed by atoms with Gasteiger partial charge in [-0.15, -0.1) is 0 Å². The SMILES string of the molecule is CC1Oc2ccc(C(C)N3CCNCC3)cc2NC1=O. The van der Waals surface area contributed by atoms with Crippen molar-refractivity contribution in [2.45, 2.75) is 26.0 Å². The molecule has 0 saturated carbocycles. The highest BCUT2D eigenvalue weighted by Crippen LogP contribution is 2.33. The summed E-state index contributed by atoms with van der Waals surface area (Å²) in [5.74, 6) is 0.679. The Labute approximate surface area is 119 Å². The summed E-state index contributed by atoms with van der Waals surface area (Å²) in [6.07, 6.45) is -0.418. The molecule has 1 aromatic rings. The van der Waals surface area contributed by atoms with E-state index in [1.165, 1.54) is 5.56 Å². The zero-order chi connectivity index (χ0) is 14.1. The van der Waals surface area contributed by atoms with Gasteiger partial charge in [-0.2, -0.15) is 0 Å². The third kappa shape index (κ3) is 2.51. The van der Waals surface area contributed by atoms with Gasteiger partial charge in [-0.3, -0.25) is 9.69 Å². The first-order valence-corrected chi connectivity index (χ1v) is 7.21. The molecule has 1 amide bonds. The number of hydrogen-bond donors (Lipinski definition) is 2. The average Bonchev–Trinajstić information content (AvgIpc) is 2.48. The quantitative estimate of drug-likeness (QED) is 0.856. The van der Waals surface area contributed by atoms with Gasteiger partial charge >= 0.3 is 0 Å². The second-order valence-corrected chi connectivity index (χ2v) is 5.47. The maximum atomic E-state index is 11.7. The molecule has 3 rings (SSSR count). The minimum Gasteiger partial charge on any atom is -0.479 e. The lowest BCUT2D eigenvalue weighted by Gasteiger charge is -2.33. The van der Waals surface area contributed by atoms with E-state index >= 15 is 0 Å². The molecular weight excluding hydrogens is 254 g/mol. The molecule has 2 aliphatic heterocycles. The number of rotatable bonds is 2. The lowest BCUT2D eigenvalue weighted by Crippen LogP contribution is -2.44. The number of carbonyl (C=O) groups excluding carboxylic acids is 1. The number of ether oxygens (including phenoxy) is 1. The molecular formula is C15H21N3O2. The molecule has 20 heavy (non-hydrogen) atoms. The molecule has 5 heteroatoms. The summed E-state index contributed by atoms with van der Waals surface area (Å²) in [5, 5.41) is 6.28. The molecule has 0 spiro atoms. The van der Waals surface area contributed by atoms with Crippen LogP contribution in [0.1, 0.15) is 25.5 Å². The number of anilines is 1. The zero-order valence-corrected chi connectivity index (χ0v) is 12.0. The van der Waals surface area contributed by atoms with Gasteiger partial charge in [0.25, 0.3) is 5.91 Å². The van der Waals surface area contributed by atoms with Crippen LogP contribution in [0.2, 0.25) is 0 Å². The number of fused-ring (bicyclic) bond motifs is 1. The molecule has 1 aromatic carbocycles. The van der Waals surface area contributed by atoms with Gasteiger partial charge in [0.15, 0.2) is 6.10 Å². The highest BCUT2D eigenvalue weighted by Gasteiger charge is 2.25. The van der Waals surface area contributed by atoms with E-state index < -0.39 is 6.10 Å². The van der Waals surface area contributed by atoms with Gasteiger partial charge in [0, 0.05) is 32.2 Å².